The van der Waals surface area contributed by atoms with Crippen molar-refractivity contribution in [3.8, 4) is 11.1 Å². The van der Waals surface area contributed by atoms with Gasteiger partial charge >= 0.3 is 6.18 Å². The number of nitrogens with one attached hydrogen (secondary N) is 1. The third kappa shape index (κ3) is 4.73. The van der Waals surface area contributed by atoms with Crippen LogP contribution in [-0.4, -0.2) is 10.9 Å². The molecule has 0 unspecified atom stereocenters. The molecule has 3 nitrogen and oxygen atoms in total. The SMILES string of the molecule is Cc1cc(-c2ccc(NC(=O)Cc3ccc(C(F)(F)F)cc3F)cc2)ccn1. The summed E-state index contributed by atoms with van der Waals surface area (Å²) in [5, 5.41) is 2.61. The van der Waals surface area contributed by atoms with Crippen molar-refractivity contribution in [3.05, 3.63) is 83.4 Å². The lowest BCUT2D eigenvalue weighted by molar-refractivity contribution is -0.137. The molecule has 3 aromatic rings. The highest BCUT2D eigenvalue weighted by molar-refractivity contribution is 5.92. The lowest BCUT2D eigenvalue weighted by Crippen LogP contribution is -2.15. The number of amides is 1. The van der Waals surface area contributed by atoms with Crippen molar-refractivity contribution in [2.45, 2.75) is 19.5 Å². The molecule has 0 aliphatic rings. The lowest BCUT2D eigenvalue weighted by atomic mass is 10.1. The Morgan fingerprint density at radius 2 is 1.71 bits per heavy atom. The van der Waals surface area contributed by atoms with Gasteiger partial charge in [0.25, 0.3) is 0 Å². The molecule has 0 aliphatic heterocycles. The average molecular weight is 388 g/mol. The quantitative estimate of drug-likeness (QED) is 0.609. The zero-order chi connectivity index (χ0) is 20.3. The van der Waals surface area contributed by atoms with Crippen LogP contribution in [-0.2, 0) is 17.4 Å². The Morgan fingerprint density at radius 1 is 1.00 bits per heavy atom. The molecule has 0 aliphatic carbocycles. The monoisotopic (exact) mass is 388 g/mol. The third-order valence-corrected chi connectivity index (χ3v) is 4.13. The maximum atomic E-state index is 13.9. The molecular weight excluding hydrogens is 372 g/mol. The number of carbonyl (C=O) groups excluding carboxylic acids is 1. The largest absolute Gasteiger partial charge is 0.416 e. The van der Waals surface area contributed by atoms with E-state index in [4.69, 9.17) is 0 Å². The molecule has 7 heteroatoms. The van der Waals surface area contributed by atoms with Crippen LogP contribution in [0.1, 0.15) is 16.8 Å². The van der Waals surface area contributed by atoms with Gasteiger partial charge in [-0.05, 0) is 60.0 Å². The molecule has 0 atom stereocenters. The number of pyridine rings is 1. The van der Waals surface area contributed by atoms with Crippen LogP contribution < -0.4 is 5.32 Å². The molecule has 28 heavy (non-hydrogen) atoms. The van der Waals surface area contributed by atoms with E-state index < -0.39 is 23.5 Å². The van der Waals surface area contributed by atoms with Crippen molar-refractivity contribution in [2.75, 3.05) is 5.32 Å². The van der Waals surface area contributed by atoms with Gasteiger partial charge in [-0.25, -0.2) is 4.39 Å². The second-order valence-corrected chi connectivity index (χ2v) is 6.29. The fourth-order valence-electron chi connectivity index (χ4n) is 2.72. The van der Waals surface area contributed by atoms with Crippen LogP contribution in [0.15, 0.2) is 60.8 Å². The summed E-state index contributed by atoms with van der Waals surface area (Å²) in [6, 6.07) is 13.0. The molecule has 0 spiro atoms. The van der Waals surface area contributed by atoms with Gasteiger partial charge < -0.3 is 5.32 Å². The van der Waals surface area contributed by atoms with Gasteiger partial charge in [-0.3, -0.25) is 9.78 Å². The fraction of sp³-hybridized carbons (Fsp3) is 0.143. The van der Waals surface area contributed by atoms with E-state index in [1.54, 1.807) is 18.3 Å². The minimum Gasteiger partial charge on any atom is -0.326 e. The van der Waals surface area contributed by atoms with E-state index in [1.165, 1.54) is 0 Å². The van der Waals surface area contributed by atoms with Crippen LogP contribution in [0.25, 0.3) is 11.1 Å². The predicted octanol–water partition coefficient (Wildman–Crippen LogP) is 5.40. The van der Waals surface area contributed by atoms with Gasteiger partial charge in [-0.1, -0.05) is 18.2 Å². The summed E-state index contributed by atoms with van der Waals surface area (Å²) in [5.41, 5.74) is 2.13. The Balaban J connectivity index is 1.67. The van der Waals surface area contributed by atoms with E-state index in [0.29, 0.717) is 11.8 Å². The minimum atomic E-state index is -4.63. The number of hydrogen-bond donors (Lipinski definition) is 1. The first kappa shape index (κ1) is 19.5. The first-order chi connectivity index (χ1) is 13.2. The molecule has 0 radical (unpaired) electrons. The van der Waals surface area contributed by atoms with Crippen LogP contribution in [0.3, 0.4) is 0 Å². The van der Waals surface area contributed by atoms with Crippen molar-refractivity contribution >= 4 is 11.6 Å². The second-order valence-electron chi connectivity index (χ2n) is 6.29. The predicted molar refractivity (Wildman–Crippen MR) is 98.1 cm³/mol. The van der Waals surface area contributed by atoms with Gasteiger partial charge in [0.05, 0.1) is 12.0 Å². The Kier molecular flexibility index (Phi) is 5.44. The molecular formula is C21H16F4N2O. The molecule has 0 bridgehead atoms. The Bertz CT molecular complexity index is 998. The number of carbonyl (C=O) groups is 1. The van der Waals surface area contributed by atoms with Gasteiger partial charge in [0.15, 0.2) is 0 Å². The van der Waals surface area contributed by atoms with E-state index in [9.17, 15) is 22.4 Å². The first-order valence-corrected chi connectivity index (χ1v) is 8.41. The van der Waals surface area contributed by atoms with E-state index in [1.807, 2.05) is 31.2 Å². The Morgan fingerprint density at radius 3 is 2.32 bits per heavy atom. The summed E-state index contributed by atoms with van der Waals surface area (Å²) in [6.07, 6.45) is -3.29. The summed E-state index contributed by atoms with van der Waals surface area (Å²) >= 11 is 0. The smallest absolute Gasteiger partial charge is 0.326 e. The molecule has 1 heterocycles. The molecule has 1 amide bonds. The summed E-state index contributed by atoms with van der Waals surface area (Å²) < 4.78 is 51.6. The number of anilines is 1. The number of aromatic nitrogens is 1. The number of alkyl halides is 3. The summed E-state index contributed by atoms with van der Waals surface area (Å²) in [7, 11) is 0. The van der Waals surface area contributed by atoms with E-state index in [0.717, 1.165) is 29.0 Å². The molecule has 1 aromatic heterocycles. The van der Waals surface area contributed by atoms with Gasteiger partial charge in [0, 0.05) is 17.6 Å². The fourth-order valence-corrected chi connectivity index (χ4v) is 2.72. The van der Waals surface area contributed by atoms with E-state index >= 15 is 0 Å². The molecule has 0 saturated carbocycles. The highest BCUT2D eigenvalue weighted by Crippen LogP contribution is 2.30. The Hall–Kier alpha value is -3.22. The normalized spacial score (nSPS) is 11.3. The van der Waals surface area contributed by atoms with Gasteiger partial charge in [0.2, 0.25) is 5.91 Å². The maximum absolute atomic E-state index is 13.9. The topological polar surface area (TPSA) is 42.0 Å². The van der Waals surface area contributed by atoms with Gasteiger partial charge in [-0.2, -0.15) is 13.2 Å². The van der Waals surface area contributed by atoms with E-state index in [2.05, 4.69) is 10.3 Å². The zero-order valence-corrected chi connectivity index (χ0v) is 14.8. The number of aryl methyl sites for hydroxylation is 1. The molecule has 3 rings (SSSR count). The molecule has 0 fully saturated rings. The average Bonchev–Trinajstić information content (AvgIpc) is 2.63. The molecule has 1 N–H and O–H groups in total. The van der Waals surface area contributed by atoms with Crippen LogP contribution in [0.5, 0.6) is 0 Å². The van der Waals surface area contributed by atoms with Crippen LogP contribution in [0, 0.1) is 12.7 Å². The van der Waals surface area contributed by atoms with Crippen LogP contribution in [0.4, 0.5) is 23.2 Å². The first-order valence-electron chi connectivity index (χ1n) is 8.41. The van der Waals surface area contributed by atoms with Gasteiger partial charge in [-0.15, -0.1) is 0 Å². The maximum Gasteiger partial charge on any atom is 0.416 e. The summed E-state index contributed by atoms with van der Waals surface area (Å²) in [5.74, 6) is -1.58. The summed E-state index contributed by atoms with van der Waals surface area (Å²) in [4.78, 5) is 16.2. The number of halogens is 4. The minimum absolute atomic E-state index is 0.102. The van der Waals surface area contributed by atoms with E-state index in [-0.39, 0.29) is 12.0 Å². The second kappa shape index (κ2) is 7.80. The molecule has 144 valence electrons. The van der Waals surface area contributed by atoms with Crippen molar-refractivity contribution in [3.63, 3.8) is 0 Å². The zero-order valence-electron chi connectivity index (χ0n) is 14.8. The van der Waals surface area contributed by atoms with Crippen molar-refractivity contribution in [2.24, 2.45) is 0 Å². The number of benzene rings is 2. The Labute approximate surface area is 159 Å². The highest BCUT2D eigenvalue weighted by Gasteiger charge is 2.31. The standard InChI is InChI=1S/C21H16F4N2O/c1-13-10-15(8-9-26-13)14-3-6-18(7-4-14)27-20(28)11-16-2-5-17(12-19(16)22)21(23,24)25/h2-10,12H,11H2,1H3,(H,27,28). The van der Waals surface area contributed by atoms with Gasteiger partial charge in [0.1, 0.15) is 5.82 Å². The van der Waals surface area contributed by atoms with Crippen molar-refractivity contribution in [1.29, 1.82) is 0 Å². The number of hydrogen-bond acceptors (Lipinski definition) is 2. The molecule has 0 saturated heterocycles. The molecule has 2 aromatic carbocycles. The lowest BCUT2D eigenvalue weighted by Gasteiger charge is -2.10. The van der Waals surface area contributed by atoms with Crippen molar-refractivity contribution in [1.82, 2.24) is 4.98 Å². The third-order valence-electron chi connectivity index (χ3n) is 4.13. The number of nitrogens with zero attached hydrogens (tertiary/aromatic N) is 1. The van der Waals surface area contributed by atoms with Crippen molar-refractivity contribution < 1.29 is 22.4 Å². The summed E-state index contributed by atoms with van der Waals surface area (Å²) in [6.45, 7) is 1.89. The number of rotatable bonds is 4. The highest BCUT2D eigenvalue weighted by atomic mass is 19.4. The van der Waals surface area contributed by atoms with Crippen LogP contribution in [0.2, 0.25) is 0 Å². The van der Waals surface area contributed by atoms with Crippen LogP contribution >= 0.6 is 0 Å².